The lowest BCUT2D eigenvalue weighted by Gasteiger charge is -2.72. The first kappa shape index (κ1) is 29.9. The molecule has 4 fully saturated rings. The van der Waals surface area contributed by atoms with E-state index in [0.717, 1.165) is 17.8 Å². The molecule has 2 N–H and O–H groups in total. The van der Waals surface area contributed by atoms with Gasteiger partial charge in [-0.3, -0.25) is 0 Å². The van der Waals surface area contributed by atoms with E-state index in [1.165, 1.54) is 88.9 Å². The summed E-state index contributed by atoms with van der Waals surface area (Å²) in [6.07, 6.45) is 17.0. The van der Waals surface area contributed by atoms with Crippen LogP contribution in [0.2, 0.25) is 0 Å². The summed E-state index contributed by atoms with van der Waals surface area (Å²) < 4.78 is 4.92. The highest BCUT2D eigenvalue weighted by atomic mass is 16.5. The van der Waals surface area contributed by atoms with E-state index in [1.54, 1.807) is 0 Å². The van der Waals surface area contributed by atoms with Crippen LogP contribution in [0.15, 0.2) is 30.3 Å². The minimum absolute atomic E-state index is 0.100. The third-order valence-corrected chi connectivity index (χ3v) is 13.6. The number of benzene rings is 1. The molecule has 8 atom stereocenters. The molecule has 3 heteroatoms. The molecule has 0 bridgehead atoms. The highest BCUT2D eigenvalue weighted by molar-refractivity contribution is 5.89. The number of fused-ring (bicyclic) bond motifs is 7. The van der Waals surface area contributed by atoms with Gasteiger partial charge in [0.2, 0.25) is 0 Å². The highest BCUT2D eigenvalue weighted by Crippen LogP contribution is 2.75. The summed E-state index contributed by atoms with van der Waals surface area (Å²) in [5.41, 5.74) is 11.8. The molecule has 0 amide bonds. The summed E-state index contributed by atoms with van der Waals surface area (Å²) >= 11 is 0. The van der Waals surface area contributed by atoms with E-state index < -0.39 is 0 Å². The molecule has 4 saturated carbocycles. The fraction of sp³-hybridized carbons (Fsp3) is 0.757. The van der Waals surface area contributed by atoms with Gasteiger partial charge in [0.1, 0.15) is 0 Å². The third kappa shape index (κ3) is 4.18. The second kappa shape index (κ2) is 10.3. The Hall–Kier alpha value is -1.61. The van der Waals surface area contributed by atoms with Crippen LogP contribution in [0, 0.1) is 45.3 Å². The summed E-state index contributed by atoms with van der Waals surface area (Å²) in [6.45, 7) is 17.3. The summed E-state index contributed by atoms with van der Waals surface area (Å²) in [6, 6.07) is 8.11. The SMILES string of the molecule is CCC.COC(=O)c1ccc(C2=CC[C@]3(C)[C@H]4CC[C@@H]5[C@H]6CCC[C@]6(N)CC[C@@]5(C)[C@]4(C)CC[C@H]3C2(C)C)cc1. The fourth-order valence-corrected chi connectivity index (χ4v) is 11.6. The molecule has 40 heavy (non-hydrogen) atoms. The van der Waals surface area contributed by atoms with Crippen molar-refractivity contribution in [1.29, 1.82) is 0 Å². The summed E-state index contributed by atoms with van der Waals surface area (Å²) in [4.78, 5) is 12.0. The second-order valence-corrected chi connectivity index (χ2v) is 15.7. The molecule has 6 rings (SSSR count). The molecular formula is C37H57NO2. The van der Waals surface area contributed by atoms with Crippen LogP contribution in [0.1, 0.15) is 135 Å². The zero-order chi connectivity index (χ0) is 29.1. The van der Waals surface area contributed by atoms with E-state index >= 15 is 0 Å². The van der Waals surface area contributed by atoms with Crippen molar-refractivity contribution in [1.82, 2.24) is 0 Å². The van der Waals surface area contributed by atoms with Crippen LogP contribution in [-0.4, -0.2) is 18.6 Å². The van der Waals surface area contributed by atoms with Crippen molar-refractivity contribution in [3.05, 3.63) is 41.5 Å². The Morgan fingerprint density at radius 1 is 0.850 bits per heavy atom. The second-order valence-electron chi connectivity index (χ2n) is 15.7. The Balaban J connectivity index is 0.00000103. The molecule has 1 aromatic carbocycles. The van der Waals surface area contributed by atoms with Crippen LogP contribution >= 0.6 is 0 Å². The van der Waals surface area contributed by atoms with Gasteiger partial charge in [-0.15, -0.1) is 0 Å². The molecule has 3 nitrogen and oxygen atoms in total. The maximum Gasteiger partial charge on any atom is 0.337 e. The molecule has 0 spiro atoms. The smallest absolute Gasteiger partial charge is 0.337 e. The standard InChI is InChI=1S/C34H49NO2.C3H8/c1-30(2)24(22-9-11-23(12-10-22)29(36)37-6)15-18-31(3)27(30)16-19-33(5)28(31)14-13-25-26-8-7-17-34(26,35)21-20-32(25,33)4;1-3-2/h9-12,15,25-28H,7-8,13-14,16-21,35H2,1-6H3;3H2,1-2H3/t25-,26-,27+,28-,31+,32-,33-,34+;/m1./s1. The van der Waals surface area contributed by atoms with Gasteiger partial charge in [0.25, 0.3) is 0 Å². The Bertz CT molecular complexity index is 1140. The highest BCUT2D eigenvalue weighted by Gasteiger charge is 2.69. The van der Waals surface area contributed by atoms with Crippen molar-refractivity contribution in [3.8, 4) is 0 Å². The van der Waals surface area contributed by atoms with Crippen molar-refractivity contribution >= 4 is 11.5 Å². The Morgan fingerprint density at radius 3 is 2.17 bits per heavy atom. The number of esters is 1. The molecule has 0 heterocycles. The van der Waals surface area contributed by atoms with E-state index in [2.05, 4.69) is 66.7 Å². The average molecular weight is 548 g/mol. The number of nitrogens with two attached hydrogens (primary N) is 1. The summed E-state index contributed by atoms with van der Waals surface area (Å²) in [5, 5.41) is 0. The van der Waals surface area contributed by atoms with Gasteiger partial charge in [0, 0.05) is 5.54 Å². The van der Waals surface area contributed by atoms with Gasteiger partial charge >= 0.3 is 5.97 Å². The predicted octanol–water partition coefficient (Wildman–Crippen LogP) is 9.45. The van der Waals surface area contributed by atoms with Gasteiger partial charge in [0.15, 0.2) is 0 Å². The molecule has 1 aromatic rings. The Morgan fingerprint density at radius 2 is 1.52 bits per heavy atom. The molecule has 0 unspecified atom stereocenters. The quantitative estimate of drug-likeness (QED) is 0.375. The van der Waals surface area contributed by atoms with Gasteiger partial charge in [-0.1, -0.05) is 79.5 Å². The number of allylic oxidation sites excluding steroid dienone is 2. The Labute approximate surface area is 245 Å². The lowest BCUT2D eigenvalue weighted by atomic mass is 9.33. The maximum absolute atomic E-state index is 12.0. The van der Waals surface area contributed by atoms with Crippen LogP contribution in [0.5, 0.6) is 0 Å². The van der Waals surface area contributed by atoms with E-state index in [0.29, 0.717) is 27.7 Å². The largest absolute Gasteiger partial charge is 0.465 e. The predicted molar refractivity (Wildman–Crippen MR) is 167 cm³/mol. The van der Waals surface area contributed by atoms with Crippen LogP contribution in [0.4, 0.5) is 0 Å². The third-order valence-electron chi connectivity index (χ3n) is 13.6. The summed E-state index contributed by atoms with van der Waals surface area (Å²) in [7, 11) is 1.45. The maximum atomic E-state index is 12.0. The fourth-order valence-electron chi connectivity index (χ4n) is 11.6. The lowest BCUT2D eigenvalue weighted by molar-refractivity contribution is -0.215. The van der Waals surface area contributed by atoms with E-state index in [9.17, 15) is 4.79 Å². The van der Waals surface area contributed by atoms with Crippen molar-refractivity contribution in [3.63, 3.8) is 0 Å². The van der Waals surface area contributed by atoms with E-state index in [4.69, 9.17) is 10.5 Å². The molecule has 0 saturated heterocycles. The van der Waals surface area contributed by atoms with Crippen molar-refractivity contribution in [2.75, 3.05) is 7.11 Å². The minimum atomic E-state index is -0.265. The normalized spacial score (nSPS) is 43.1. The molecule has 0 radical (unpaired) electrons. The average Bonchev–Trinajstić information content (AvgIpc) is 3.31. The molecule has 5 aliphatic carbocycles. The Kier molecular flexibility index (Phi) is 7.68. The van der Waals surface area contributed by atoms with Gasteiger partial charge in [0.05, 0.1) is 12.7 Å². The van der Waals surface area contributed by atoms with Crippen molar-refractivity contribution in [2.45, 2.75) is 125 Å². The lowest BCUT2D eigenvalue weighted by Crippen LogP contribution is -2.66. The molecule has 0 aliphatic heterocycles. The summed E-state index contributed by atoms with van der Waals surface area (Å²) in [5.74, 6) is 2.73. The van der Waals surface area contributed by atoms with Crippen molar-refractivity contribution in [2.24, 2.45) is 51.1 Å². The number of hydrogen-bond donors (Lipinski definition) is 1. The molecular weight excluding hydrogens is 490 g/mol. The van der Waals surface area contributed by atoms with Crippen LogP contribution in [0.3, 0.4) is 0 Å². The molecule has 5 aliphatic rings. The number of methoxy groups -OCH3 is 1. The van der Waals surface area contributed by atoms with E-state index in [-0.39, 0.29) is 16.9 Å². The van der Waals surface area contributed by atoms with Crippen LogP contribution in [0.25, 0.3) is 5.57 Å². The van der Waals surface area contributed by atoms with Gasteiger partial charge in [-0.2, -0.15) is 0 Å². The topological polar surface area (TPSA) is 52.3 Å². The number of carbonyl (C=O) groups excluding carboxylic acids is 1. The van der Waals surface area contributed by atoms with Gasteiger partial charge in [-0.25, -0.2) is 4.79 Å². The minimum Gasteiger partial charge on any atom is -0.465 e. The monoisotopic (exact) mass is 547 g/mol. The van der Waals surface area contributed by atoms with Crippen molar-refractivity contribution < 1.29 is 9.53 Å². The van der Waals surface area contributed by atoms with Crippen LogP contribution < -0.4 is 5.73 Å². The number of carbonyl (C=O) groups is 1. The first-order valence-corrected chi connectivity index (χ1v) is 16.5. The van der Waals surface area contributed by atoms with Gasteiger partial charge in [-0.05, 0) is 126 Å². The molecule has 0 aromatic heterocycles. The van der Waals surface area contributed by atoms with Crippen LogP contribution in [-0.2, 0) is 4.74 Å². The number of rotatable bonds is 2. The first-order valence-electron chi connectivity index (χ1n) is 16.5. The van der Waals surface area contributed by atoms with E-state index in [1.807, 2.05) is 12.1 Å². The van der Waals surface area contributed by atoms with Gasteiger partial charge < -0.3 is 10.5 Å². The zero-order valence-electron chi connectivity index (χ0n) is 26.9. The first-order chi connectivity index (χ1) is 18.8. The molecule has 222 valence electrons. The zero-order valence-corrected chi connectivity index (χ0v) is 26.9. The number of ether oxygens (including phenoxy) is 1. The number of hydrogen-bond acceptors (Lipinski definition) is 3.